The minimum absolute atomic E-state index is 0.217. The van der Waals surface area contributed by atoms with Crippen molar-refractivity contribution in [1.82, 2.24) is 4.98 Å². The number of aromatic nitrogens is 1. The molecule has 0 radical (unpaired) electrons. The van der Waals surface area contributed by atoms with Gasteiger partial charge in [0.05, 0.1) is 6.61 Å². The van der Waals surface area contributed by atoms with Gasteiger partial charge >= 0.3 is 0 Å². The summed E-state index contributed by atoms with van der Waals surface area (Å²) in [4.78, 5) is 17.2. The molecular formula is C24H21ClN2O3. The third-order valence-corrected chi connectivity index (χ3v) is 5.04. The predicted octanol–water partition coefficient (Wildman–Crippen LogP) is 6.50. The van der Waals surface area contributed by atoms with E-state index < -0.39 is 0 Å². The SMILES string of the molecule is CCCOc1cccc(C(=O)Nc2ccc3oc(-c4ccc(C)c(Cl)c4)nc3c2)c1. The molecule has 0 bridgehead atoms. The molecular weight excluding hydrogens is 400 g/mol. The lowest BCUT2D eigenvalue weighted by atomic mass is 10.1. The fourth-order valence-electron chi connectivity index (χ4n) is 3.00. The Labute approximate surface area is 179 Å². The topological polar surface area (TPSA) is 64.4 Å². The number of anilines is 1. The van der Waals surface area contributed by atoms with Crippen molar-refractivity contribution in [3.8, 4) is 17.2 Å². The van der Waals surface area contributed by atoms with Gasteiger partial charge in [-0.25, -0.2) is 4.98 Å². The second-order valence-corrected chi connectivity index (χ2v) is 7.40. The Bertz CT molecular complexity index is 1220. The van der Waals surface area contributed by atoms with Crippen molar-refractivity contribution >= 4 is 34.3 Å². The predicted molar refractivity (Wildman–Crippen MR) is 119 cm³/mol. The van der Waals surface area contributed by atoms with E-state index in [1.54, 1.807) is 36.4 Å². The zero-order valence-electron chi connectivity index (χ0n) is 16.7. The number of fused-ring (bicyclic) bond motifs is 1. The molecule has 0 saturated heterocycles. The van der Waals surface area contributed by atoms with Crippen LogP contribution in [-0.2, 0) is 0 Å². The Morgan fingerprint density at radius 3 is 2.80 bits per heavy atom. The maximum atomic E-state index is 12.6. The maximum Gasteiger partial charge on any atom is 0.255 e. The molecule has 0 aliphatic rings. The first-order valence-corrected chi connectivity index (χ1v) is 10.1. The van der Waals surface area contributed by atoms with Gasteiger partial charge in [0.2, 0.25) is 5.89 Å². The minimum Gasteiger partial charge on any atom is -0.494 e. The van der Waals surface area contributed by atoms with Crippen LogP contribution < -0.4 is 10.1 Å². The molecule has 0 aliphatic heterocycles. The molecule has 1 amide bonds. The van der Waals surface area contributed by atoms with Crippen molar-refractivity contribution in [2.75, 3.05) is 11.9 Å². The van der Waals surface area contributed by atoms with E-state index in [1.807, 2.05) is 38.1 Å². The van der Waals surface area contributed by atoms with Crippen molar-refractivity contribution < 1.29 is 13.9 Å². The summed E-state index contributed by atoms with van der Waals surface area (Å²) in [7, 11) is 0. The molecule has 0 spiro atoms. The molecule has 0 fully saturated rings. The van der Waals surface area contributed by atoms with Crippen molar-refractivity contribution in [1.29, 1.82) is 0 Å². The summed E-state index contributed by atoms with van der Waals surface area (Å²) >= 11 is 6.22. The van der Waals surface area contributed by atoms with Gasteiger partial charge in [-0.15, -0.1) is 0 Å². The lowest BCUT2D eigenvalue weighted by Crippen LogP contribution is -2.12. The van der Waals surface area contributed by atoms with Crippen LogP contribution in [0.15, 0.2) is 65.1 Å². The first-order chi connectivity index (χ1) is 14.5. The molecule has 0 saturated carbocycles. The van der Waals surface area contributed by atoms with Gasteiger partial charge in [-0.05, 0) is 67.4 Å². The fraction of sp³-hybridized carbons (Fsp3) is 0.167. The van der Waals surface area contributed by atoms with Crippen molar-refractivity contribution in [2.45, 2.75) is 20.3 Å². The lowest BCUT2D eigenvalue weighted by molar-refractivity contribution is 0.102. The highest BCUT2D eigenvalue weighted by Gasteiger charge is 2.12. The number of carbonyl (C=O) groups is 1. The third kappa shape index (κ3) is 4.31. The molecule has 0 unspecified atom stereocenters. The highest BCUT2D eigenvalue weighted by Crippen LogP contribution is 2.29. The Kier molecular flexibility index (Phi) is 5.72. The van der Waals surface area contributed by atoms with Crippen LogP contribution in [0, 0.1) is 6.92 Å². The summed E-state index contributed by atoms with van der Waals surface area (Å²) in [6.07, 6.45) is 0.908. The number of nitrogens with one attached hydrogen (secondary N) is 1. The van der Waals surface area contributed by atoms with E-state index in [9.17, 15) is 4.79 Å². The monoisotopic (exact) mass is 420 g/mol. The Balaban J connectivity index is 1.55. The molecule has 6 heteroatoms. The van der Waals surface area contributed by atoms with E-state index in [0.717, 1.165) is 17.5 Å². The third-order valence-electron chi connectivity index (χ3n) is 4.63. The second kappa shape index (κ2) is 8.59. The maximum absolute atomic E-state index is 12.6. The van der Waals surface area contributed by atoms with E-state index in [1.165, 1.54) is 0 Å². The molecule has 4 rings (SSSR count). The molecule has 1 aromatic heterocycles. The molecule has 4 aromatic rings. The zero-order chi connectivity index (χ0) is 21.1. The molecule has 0 aliphatic carbocycles. The smallest absolute Gasteiger partial charge is 0.255 e. The summed E-state index contributed by atoms with van der Waals surface area (Å²) < 4.78 is 11.5. The van der Waals surface area contributed by atoms with Crippen LogP contribution in [-0.4, -0.2) is 17.5 Å². The van der Waals surface area contributed by atoms with Gasteiger partial charge in [-0.3, -0.25) is 4.79 Å². The number of amides is 1. The molecule has 30 heavy (non-hydrogen) atoms. The van der Waals surface area contributed by atoms with Gasteiger partial charge in [-0.1, -0.05) is 30.7 Å². The number of benzene rings is 3. The van der Waals surface area contributed by atoms with Crippen LogP contribution in [0.4, 0.5) is 5.69 Å². The number of nitrogens with zero attached hydrogens (tertiary/aromatic N) is 1. The summed E-state index contributed by atoms with van der Waals surface area (Å²) in [6, 6.07) is 18.2. The summed E-state index contributed by atoms with van der Waals surface area (Å²) in [5, 5.41) is 3.56. The summed E-state index contributed by atoms with van der Waals surface area (Å²) in [5.74, 6) is 0.944. The molecule has 0 atom stereocenters. The van der Waals surface area contributed by atoms with Gasteiger partial charge in [-0.2, -0.15) is 0 Å². The van der Waals surface area contributed by atoms with Gasteiger partial charge < -0.3 is 14.5 Å². The van der Waals surface area contributed by atoms with E-state index >= 15 is 0 Å². The number of oxazole rings is 1. The first-order valence-electron chi connectivity index (χ1n) is 9.75. The molecule has 3 aromatic carbocycles. The second-order valence-electron chi connectivity index (χ2n) is 7.00. The van der Waals surface area contributed by atoms with Crippen LogP contribution in [0.25, 0.3) is 22.6 Å². The number of rotatable bonds is 6. The van der Waals surface area contributed by atoms with Crippen LogP contribution >= 0.6 is 11.6 Å². The molecule has 152 valence electrons. The lowest BCUT2D eigenvalue weighted by Gasteiger charge is -2.08. The minimum atomic E-state index is -0.217. The van der Waals surface area contributed by atoms with Crippen LogP contribution in [0.1, 0.15) is 29.3 Å². The average Bonchev–Trinajstić information content (AvgIpc) is 3.18. The normalized spacial score (nSPS) is 10.9. The Morgan fingerprint density at radius 1 is 1.13 bits per heavy atom. The van der Waals surface area contributed by atoms with Crippen LogP contribution in [0.3, 0.4) is 0 Å². The highest BCUT2D eigenvalue weighted by molar-refractivity contribution is 6.31. The van der Waals surface area contributed by atoms with E-state index in [4.69, 9.17) is 20.8 Å². The summed E-state index contributed by atoms with van der Waals surface area (Å²) in [5.41, 5.74) is 4.24. The Hall–Kier alpha value is -3.31. The summed E-state index contributed by atoms with van der Waals surface area (Å²) in [6.45, 7) is 4.59. The number of hydrogen-bond donors (Lipinski definition) is 1. The number of hydrogen-bond acceptors (Lipinski definition) is 4. The van der Waals surface area contributed by atoms with Crippen molar-refractivity contribution in [2.24, 2.45) is 0 Å². The Morgan fingerprint density at radius 2 is 2.00 bits per heavy atom. The average molecular weight is 421 g/mol. The molecule has 1 N–H and O–H groups in total. The zero-order valence-corrected chi connectivity index (χ0v) is 17.5. The van der Waals surface area contributed by atoms with Crippen LogP contribution in [0.2, 0.25) is 5.02 Å². The highest BCUT2D eigenvalue weighted by atomic mass is 35.5. The standard InChI is InChI=1S/C24H21ClN2O3/c1-3-11-29-19-6-4-5-16(12-19)23(28)26-18-9-10-22-21(14-18)27-24(30-22)17-8-7-15(2)20(25)13-17/h4-10,12-14H,3,11H2,1-2H3,(H,26,28). The molecule has 5 nitrogen and oxygen atoms in total. The number of halogens is 1. The van der Waals surface area contributed by atoms with Gasteiger partial charge in [0.25, 0.3) is 5.91 Å². The quantitative estimate of drug-likeness (QED) is 0.386. The van der Waals surface area contributed by atoms with Crippen LogP contribution in [0.5, 0.6) is 5.75 Å². The van der Waals surface area contributed by atoms with Crippen molar-refractivity contribution in [3.05, 3.63) is 76.8 Å². The van der Waals surface area contributed by atoms with E-state index in [-0.39, 0.29) is 5.91 Å². The van der Waals surface area contributed by atoms with Gasteiger partial charge in [0.1, 0.15) is 11.3 Å². The van der Waals surface area contributed by atoms with E-state index in [2.05, 4.69) is 10.3 Å². The number of aryl methyl sites for hydroxylation is 1. The fourth-order valence-corrected chi connectivity index (χ4v) is 3.19. The number of carbonyl (C=O) groups excluding carboxylic acids is 1. The van der Waals surface area contributed by atoms with E-state index in [0.29, 0.717) is 45.6 Å². The van der Waals surface area contributed by atoms with Gasteiger partial charge in [0.15, 0.2) is 5.58 Å². The van der Waals surface area contributed by atoms with Gasteiger partial charge in [0, 0.05) is 21.8 Å². The first kappa shape index (κ1) is 20.0. The van der Waals surface area contributed by atoms with Crippen molar-refractivity contribution in [3.63, 3.8) is 0 Å². The molecule has 1 heterocycles. The number of ether oxygens (including phenoxy) is 1. The largest absolute Gasteiger partial charge is 0.494 e.